The zero-order chi connectivity index (χ0) is 51.4. The van der Waals surface area contributed by atoms with Crippen LogP contribution < -0.4 is 29.9 Å². The Kier molecular flexibility index (Phi) is 16.5. The molecule has 3 N–H and O–H groups in total. The number of ether oxygens (including phenoxy) is 2. The molecule has 22 heteroatoms. The number of nitrogens with zero attached hydrogens (tertiary/aromatic N) is 9. The van der Waals surface area contributed by atoms with Gasteiger partial charge in [-0.2, -0.15) is 23.4 Å². The van der Waals surface area contributed by atoms with Gasteiger partial charge in [0.05, 0.1) is 46.7 Å². The summed E-state index contributed by atoms with van der Waals surface area (Å²) in [5.41, 5.74) is 3.73. The van der Waals surface area contributed by atoms with E-state index < -0.39 is 20.4 Å². The third kappa shape index (κ3) is 12.2. The fourth-order valence-corrected chi connectivity index (χ4v) is 12.9. The number of aromatic nitrogens is 3. The first kappa shape index (κ1) is 53.3. The lowest BCUT2D eigenvalue weighted by Gasteiger charge is -2.28. The number of ketones is 2. The number of hydrogen-bond donors (Lipinski definition) is 3. The zero-order valence-electron chi connectivity index (χ0n) is 42.2. The predicted molar refractivity (Wildman–Crippen MR) is 285 cm³/mol. The van der Waals surface area contributed by atoms with Crippen LogP contribution >= 0.6 is 34.4 Å². The van der Waals surface area contributed by atoms with Crippen LogP contribution in [0.5, 0.6) is 11.5 Å². The summed E-state index contributed by atoms with van der Waals surface area (Å²) in [4.78, 5) is 45.8. The highest BCUT2D eigenvalue weighted by molar-refractivity contribution is 7.99. The van der Waals surface area contributed by atoms with Crippen molar-refractivity contribution in [2.45, 2.75) is 111 Å². The largest absolute Gasteiger partial charge is 0.494 e. The summed E-state index contributed by atoms with van der Waals surface area (Å²) in [5.74, 6) is 2.06. The van der Waals surface area contributed by atoms with Crippen LogP contribution in [0.1, 0.15) is 118 Å². The van der Waals surface area contributed by atoms with Crippen LogP contribution in [0.4, 0.5) is 56.0 Å². The molecule has 0 spiro atoms. The Balaban J connectivity index is 1.34. The maximum absolute atomic E-state index is 13.3. The van der Waals surface area contributed by atoms with Gasteiger partial charge in [-0.3, -0.25) is 14.1 Å². The summed E-state index contributed by atoms with van der Waals surface area (Å²) in [6.45, 7) is 21.0. The molecule has 2 aliphatic rings. The Hall–Kier alpha value is -5.55. The fraction of sp³-hybridized carbons (Fsp3) is 0.490. The van der Waals surface area contributed by atoms with Gasteiger partial charge in [-0.05, 0) is 87.1 Å². The number of rotatable bonds is 21. The van der Waals surface area contributed by atoms with Crippen molar-refractivity contribution in [2.24, 2.45) is 31.3 Å². The molecule has 380 valence electrons. The van der Waals surface area contributed by atoms with E-state index >= 15 is 0 Å². The van der Waals surface area contributed by atoms with Gasteiger partial charge in [0.25, 0.3) is 10.1 Å². The number of methoxy groups -OCH3 is 2. The van der Waals surface area contributed by atoms with Crippen molar-refractivity contribution in [3.8, 4) is 11.5 Å². The molecule has 0 fully saturated rings. The molecular weight excluding hydrogens is 983 g/mol. The molecule has 71 heavy (non-hydrogen) atoms. The van der Waals surface area contributed by atoms with E-state index in [0.29, 0.717) is 71.3 Å². The van der Waals surface area contributed by atoms with Crippen molar-refractivity contribution in [1.82, 2.24) is 15.0 Å². The van der Waals surface area contributed by atoms with E-state index in [4.69, 9.17) is 29.5 Å². The fourth-order valence-electron chi connectivity index (χ4n) is 8.85. The molecule has 2 aromatic carbocycles. The average Bonchev–Trinajstić information content (AvgIpc) is 3.90. The second-order valence-corrected chi connectivity index (χ2v) is 23.3. The van der Waals surface area contributed by atoms with E-state index in [9.17, 15) is 22.6 Å². The van der Waals surface area contributed by atoms with Gasteiger partial charge in [-0.15, -0.1) is 43.1 Å². The molecule has 0 aliphatic heterocycles. The highest BCUT2D eigenvalue weighted by Crippen LogP contribution is 2.49. The molecule has 0 radical (unpaired) electrons. The van der Waals surface area contributed by atoms with Crippen molar-refractivity contribution < 1.29 is 32.0 Å². The highest BCUT2D eigenvalue weighted by atomic mass is 32.2. The number of anilines is 6. The summed E-state index contributed by atoms with van der Waals surface area (Å²) in [7, 11) is -1.65. The minimum absolute atomic E-state index is 0.116. The van der Waals surface area contributed by atoms with Crippen LogP contribution in [0.25, 0.3) is 0 Å². The molecule has 0 amide bonds. The second kappa shape index (κ2) is 22.1. The van der Waals surface area contributed by atoms with Crippen molar-refractivity contribution in [1.29, 1.82) is 0 Å². The number of fused-ring (bicyclic) bond motifs is 2. The zero-order valence-corrected chi connectivity index (χ0v) is 45.5. The number of carbonyl (C=O) groups is 2. The number of thiophene rings is 2. The Morgan fingerprint density at radius 3 is 1.73 bits per heavy atom. The van der Waals surface area contributed by atoms with Gasteiger partial charge in [0.15, 0.2) is 21.7 Å². The van der Waals surface area contributed by atoms with Gasteiger partial charge in [0.2, 0.25) is 11.9 Å². The molecule has 0 saturated carbocycles. The van der Waals surface area contributed by atoms with E-state index in [0.717, 1.165) is 58.2 Å². The molecule has 18 nitrogen and oxygen atoms in total. The second-order valence-electron chi connectivity index (χ2n) is 18.9. The van der Waals surface area contributed by atoms with E-state index in [-0.39, 0.29) is 62.8 Å². The maximum Gasteiger partial charge on any atom is 0.297 e. The minimum atomic E-state index is -4.81. The number of benzene rings is 2. The molecule has 3 heterocycles. The number of nitrogens with one attached hydrogen (secondary N) is 2. The first-order valence-electron chi connectivity index (χ1n) is 23.8. The summed E-state index contributed by atoms with van der Waals surface area (Å²) in [6, 6.07) is 9.21. The Labute approximate surface area is 428 Å². The van der Waals surface area contributed by atoms with E-state index in [1.165, 1.54) is 23.1 Å². The number of unbranched alkanes of at least 4 members (excludes halogenated alkanes) is 1. The number of thioether (sulfide) groups is 1. The van der Waals surface area contributed by atoms with E-state index in [2.05, 4.69) is 70.4 Å². The standard InChI is InChI=1S/C49H63N11O7S4/c1-12-17-18-68-47-53-45(50-30-20-34(59(13-2)14-3)38(66-10)22-32(30)55-57-40-19-28-24-48(6,7)26-36(61)41(28)69-40)52-46(54-47)51-31-21-35(60(15-4)16-5)39(67-11)23-33(31)56-58-44-43(71(63,64)65)29-25-49(8,9)27-37(62)42(29)70-44/h19-23H,12-18,24-27H2,1-11H3,(H,63,64,65)(H2,50,51,52,53,54). The van der Waals surface area contributed by atoms with Gasteiger partial charge in [0.1, 0.15) is 32.8 Å². The topological polar surface area (TPSA) is 226 Å². The van der Waals surface area contributed by atoms with Gasteiger partial charge < -0.3 is 29.9 Å². The molecule has 3 aromatic heterocycles. The number of hydrogen-bond acceptors (Lipinski definition) is 20. The normalized spacial score (nSPS) is 15.3. The minimum Gasteiger partial charge on any atom is -0.494 e. The van der Waals surface area contributed by atoms with Crippen molar-refractivity contribution in [3.63, 3.8) is 0 Å². The van der Waals surface area contributed by atoms with Gasteiger partial charge in [0, 0.05) is 56.9 Å². The maximum atomic E-state index is 13.3. The first-order valence-corrected chi connectivity index (χ1v) is 27.8. The van der Waals surface area contributed by atoms with Gasteiger partial charge >= 0.3 is 0 Å². The molecule has 2 aliphatic carbocycles. The van der Waals surface area contributed by atoms with E-state index in [1.807, 2.05) is 52.0 Å². The number of Topliss-reactive ketones (excluding diaryl/α,β-unsaturated/α-hetero) is 2. The van der Waals surface area contributed by atoms with Crippen LogP contribution in [0.3, 0.4) is 0 Å². The summed E-state index contributed by atoms with van der Waals surface area (Å²) in [5, 5.41) is 26.1. The first-order chi connectivity index (χ1) is 33.7. The van der Waals surface area contributed by atoms with Crippen LogP contribution in [-0.2, 0) is 23.0 Å². The molecular formula is C49H63N11O7S4. The third-order valence-electron chi connectivity index (χ3n) is 12.2. The monoisotopic (exact) mass is 1050 g/mol. The summed E-state index contributed by atoms with van der Waals surface area (Å²) >= 11 is 3.71. The SMILES string of the molecule is CCCCSc1nc(Nc2cc(N(CC)CC)c(OC)cc2N=Nc2cc3c(s2)C(=O)CC(C)(C)C3)nc(Nc2cc(N(CC)CC)c(OC)cc2N=Nc2sc3c(c2S(=O)(=O)O)CC(C)(C)CC3=O)n1. The molecule has 0 bridgehead atoms. The lowest BCUT2D eigenvalue weighted by molar-refractivity contribution is 0.0907. The Bertz CT molecular complexity index is 2980. The van der Waals surface area contributed by atoms with Crippen LogP contribution in [0, 0.1) is 10.8 Å². The van der Waals surface area contributed by atoms with Gasteiger partial charge in [-0.25, -0.2) is 0 Å². The molecule has 0 unspecified atom stereocenters. The lowest BCUT2D eigenvalue weighted by Crippen LogP contribution is -2.26. The molecule has 5 aromatic rings. The third-order valence-corrected chi connectivity index (χ3v) is 16.5. The average molecular weight is 1050 g/mol. The summed E-state index contributed by atoms with van der Waals surface area (Å²) in [6.07, 6.45) is 3.63. The highest BCUT2D eigenvalue weighted by Gasteiger charge is 2.39. The number of carbonyl (C=O) groups excluding carboxylic acids is 2. The van der Waals surface area contributed by atoms with E-state index in [1.54, 1.807) is 20.3 Å². The van der Waals surface area contributed by atoms with Crippen LogP contribution in [0.2, 0.25) is 0 Å². The van der Waals surface area contributed by atoms with Gasteiger partial charge in [-0.1, -0.05) is 52.8 Å². The molecule has 0 atom stereocenters. The molecule has 0 saturated heterocycles. The van der Waals surface area contributed by atoms with Crippen molar-refractivity contribution >= 4 is 112 Å². The number of azo groups is 2. The Morgan fingerprint density at radius 2 is 1.23 bits per heavy atom. The van der Waals surface area contributed by atoms with Crippen molar-refractivity contribution in [2.75, 3.05) is 66.6 Å². The molecule has 7 rings (SSSR count). The predicted octanol–water partition coefficient (Wildman–Crippen LogP) is 13.5. The summed E-state index contributed by atoms with van der Waals surface area (Å²) < 4.78 is 48.2. The van der Waals surface area contributed by atoms with Crippen LogP contribution in [-0.4, -0.2) is 85.6 Å². The smallest absolute Gasteiger partial charge is 0.297 e. The van der Waals surface area contributed by atoms with Crippen molar-refractivity contribution in [3.05, 3.63) is 51.2 Å². The lowest BCUT2D eigenvalue weighted by atomic mass is 9.76. The quantitative estimate of drug-likeness (QED) is 0.0269. The Morgan fingerprint density at radius 1 is 0.704 bits per heavy atom. The van der Waals surface area contributed by atoms with Crippen LogP contribution in [0.15, 0.2) is 60.8 Å².